The van der Waals surface area contributed by atoms with Crippen molar-refractivity contribution in [1.29, 1.82) is 5.26 Å². The second-order valence-corrected chi connectivity index (χ2v) is 3.47. The van der Waals surface area contributed by atoms with Crippen molar-refractivity contribution < 1.29 is 18.8 Å². The van der Waals surface area contributed by atoms with E-state index in [1.807, 2.05) is 0 Å². The van der Waals surface area contributed by atoms with Gasteiger partial charge in [0, 0.05) is 0 Å². The smallest absolute Gasteiger partial charge is 0.347 e. The van der Waals surface area contributed by atoms with Crippen LogP contribution in [0.3, 0.4) is 0 Å². The van der Waals surface area contributed by atoms with Crippen LogP contribution >= 0.6 is 11.3 Å². The molecule has 0 fully saturated rings. The predicted molar refractivity (Wildman–Crippen MR) is 51.6 cm³/mol. The molecule has 0 saturated heterocycles. The molecule has 16 heavy (non-hydrogen) atoms. The molecule has 1 heterocycles. The molecule has 1 aromatic heterocycles. The Kier molecular flexibility index (Phi) is 3.52. The molecule has 0 radical (unpaired) electrons. The molecule has 0 aliphatic rings. The largest absolute Gasteiger partial charge is 0.462 e. The molecular weight excluding hydrogens is 239 g/mol. The van der Waals surface area contributed by atoms with Crippen molar-refractivity contribution in [3.05, 3.63) is 26.4 Å². The summed E-state index contributed by atoms with van der Waals surface area (Å²) in [4.78, 5) is 21.0. The molecule has 0 bridgehead atoms. The van der Waals surface area contributed by atoms with Crippen molar-refractivity contribution in [2.45, 2.75) is 6.92 Å². The van der Waals surface area contributed by atoms with Gasteiger partial charge in [0.25, 0.3) is 0 Å². The number of ether oxygens (including phenoxy) is 1. The van der Waals surface area contributed by atoms with Gasteiger partial charge in [-0.3, -0.25) is 10.1 Å². The monoisotopic (exact) mass is 244 g/mol. The molecule has 0 unspecified atom stereocenters. The zero-order chi connectivity index (χ0) is 12.3. The van der Waals surface area contributed by atoms with E-state index in [0.717, 1.165) is 0 Å². The lowest BCUT2D eigenvalue weighted by atomic mass is 10.2. The van der Waals surface area contributed by atoms with Crippen LogP contribution in [0, 0.1) is 26.6 Å². The molecule has 0 amide bonds. The van der Waals surface area contributed by atoms with Crippen molar-refractivity contribution in [2.24, 2.45) is 0 Å². The van der Waals surface area contributed by atoms with E-state index in [0.29, 0.717) is 0 Å². The highest BCUT2D eigenvalue weighted by molar-refractivity contribution is 7.14. The molecule has 0 spiro atoms. The van der Waals surface area contributed by atoms with Gasteiger partial charge in [0.1, 0.15) is 11.6 Å². The lowest BCUT2D eigenvalue weighted by Crippen LogP contribution is -2.07. The topological polar surface area (TPSA) is 93.2 Å². The average Bonchev–Trinajstić information content (AvgIpc) is 2.55. The Morgan fingerprint density at radius 3 is 2.81 bits per heavy atom. The summed E-state index contributed by atoms with van der Waals surface area (Å²) in [6.07, 6.45) is 0. The molecule has 0 aliphatic heterocycles. The maximum atomic E-state index is 13.1. The van der Waals surface area contributed by atoms with Gasteiger partial charge in [-0.05, 0) is 18.3 Å². The molecule has 0 saturated carbocycles. The lowest BCUT2D eigenvalue weighted by Gasteiger charge is -1.98. The van der Waals surface area contributed by atoms with Crippen LogP contribution in [0.2, 0.25) is 0 Å². The summed E-state index contributed by atoms with van der Waals surface area (Å²) in [7, 11) is 0. The van der Waals surface area contributed by atoms with Crippen molar-refractivity contribution in [2.75, 3.05) is 6.61 Å². The molecule has 0 atom stereocenters. The van der Waals surface area contributed by atoms with Crippen LogP contribution in [-0.4, -0.2) is 17.5 Å². The first kappa shape index (κ1) is 12.1. The molecule has 0 aliphatic carbocycles. The summed E-state index contributed by atoms with van der Waals surface area (Å²) in [5, 5.41) is 17.4. The standard InChI is InChI=1S/C8H5FN2O4S/c1-2-15-8(12)5-4(3-10)6(9)16-7(5)11(13)14/h2H2,1H3. The van der Waals surface area contributed by atoms with E-state index in [1.165, 1.54) is 13.0 Å². The van der Waals surface area contributed by atoms with Crippen LogP contribution in [0.4, 0.5) is 9.39 Å². The minimum absolute atomic E-state index is 0.0156. The SMILES string of the molecule is CCOC(=O)c1c([N+](=O)[O-])sc(F)c1C#N. The summed E-state index contributed by atoms with van der Waals surface area (Å²) < 4.78 is 17.6. The minimum Gasteiger partial charge on any atom is -0.462 e. The summed E-state index contributed by atoms with van der Waals surface area (Å²) in [6, 6.07) is 1.41. The normalized spacial score (nSPS) is 9.56. The van der Waals surface area contributed by atoms with Gasteiger partial charge in [-0.2, -0.15) is 9.65 Å². The van der Waals surface area contributed by atoms with E-state index >= 15 is 0 Å². The van der Waals surface area contributed by atoms with E-state index in [2.05, 4.69) is 4.74 Å². The van der Waals surface area contributed by atoms with E-state index in [9.17, 15) is 19.3 Å². The number of nitriles is 1. The van der Waals surface area contributed by atoms with Crippen molar-refractivity contribution >= 4 is 22.3 Å². The number of rotatable bonds is 3. The molecule has 1 rings (SSSR count). The number of thiophene rings is 1. The highest BCUT2D eigenvalue weighted by Crippen LogP contribution is 2.33. The first-order chi connectivity index (χ1) is 7.52. The molecule has 0 aromatic carbocycles. The van der Waals surface area contributed by atoms with Crippen LogP contribution < -0.4 is 0 Å². The molecule has 6 nitrogen and oxygen atoms in total. The Labute approximate surface area is 93.0 Å². The fraction of sp³-hybridized carbons (Fsp3) is 0.250. The first-order valence-electron chi connectivity index (χ1n) is 4.06. The lowest BCUT2D eigenvalue weighted by molar-refractivity contribution is -0.380. The molecule has 84 valence electrons. The number of hydrogen-bond donors (Lipinski definition) is 0. The Hall–Kier alpha value is -2.01. The van der Waals surface area contributed by atoms with Gasteiger partial charge in [-0.15, -0.1) is 0 Å². The number of carbonyl (C=O) groups excluding carboxylic acids is 1. The number of nitro groups is 1. The first-order valence-corrected chi connectivity index (χ1v) is 4.88. The number of halogens is 1. The van der Waals surface area contributed by atoms with Crippen molar-refractivity contribution in [3.8, 4) is 6.07 Å². The predicted octanol–water partition coefficient (Wildman–Crippen LogP) is 1.84. The number of carbonyl (C=O) groups is 1. The van der Waals surface area contributed by atoms with E-state index in [4.69, 9.17) is 5.26 Å². The van der Waals surface area contributed by atoms with E-state index in [-0.39, 0.29) is 17.9 Å². The Morgan fingerprint density at radius 2 is 2.38 bits per heavy atom. The fourth-order valence-corrected chi connectivity index (χ4v) is 1.79. The average molecular weight is 244 g/mol. The van der Waals surface area contributed by atoms with Gasteiger partial charge in [0.05, 0.1) is 11.5 Å². The Morgan fingerprint density at radius 1 is 1.75 bits per heavy atom. The number of esters is 1. The van der Waals surface area contributed by atoms with Gasteiger partial charge in [-0.1, -0.05) is 0 Å². The minimum atomic E-state index is -1.06. The molecule has 1 aromatic rings. The zero-order valence-corrected chi connectivity index (χ0v) is 8.84. The van der Waals surface area contributed by atoms with Gasteiger partial charge in [0.2, 0.25) is 5.13 Å². The summed E-state index contributed by atoms with van der Waals surface area (Å²) >= 11 is 0.139. The van der Waals surface area contributed by atoms with Gasteiger partial charge < -0.3 is 4.74 Å². The maximum Gasteiger partial charge on any atom is 0.347 e. The third kappa shape index (κ3) is 1.99. The fourth-order valence-electron chi connectivity index (χ4n) is 1.01. The van der Waals surface area contributed by atoms with Crippen LogP contribution in [0.5, 0.6) is 0 Å². The van der Waals surface area contributed by atoms with Crippen LogP contribution in [-0.2, 0) is 4.74 Å². The quantitative estimate of drug-likeness (QED) is 0.459. The summed E-state index contributed by atoms with van der Waals surface area (Å²) in [5.41, 5.74) is -1.26. The summed E-state index contributed by atoms with van der Waals surface area (Å²) in [5.74, 6) is -1.06. The second-order valence-electron chi connectivity index (χ2n) is 2.52. The Bertz CT molecular complexity index is 491. The number of nitrogens with zero attached hydrogens (tertiary/aromatic N) is 2. The maximum absolute atomic E-state index is 13.1. The van der Waals surface area contributed by atoms with Crippen molar-refractivity contribution in [3.63, 3.8) is 0 Å². The third-order valence-electron chi connectivity index (χ3n) is 1.60. The van der Waals surface area contributed by atoms with Crippen LogP contribution in [0.25, 0.3) is 0 Å². The Balaban J connectivity index is 3.38. The van der Waals surface area contributed by atoms with Crippen LogP contribution in [0.1, 0.15) is 22.8 Å². The molecule has 0 N–H and O–H groups in total. The second kappa shape index (κ2) is 4.67. The highest BCUT2D eigenvalue weighted by atomic mass is 32.1. The number of hydrogen-bond acceptors (Lipinski definition) is 6. The van der Waals surface area contributed by atoms with Crippen molar-refractivity contribution in [1.82, 2.24) is 0 Å². The molecule has 8 heteroatoms. The van der Waals surface area contributed by atoms with Crippen LogP contribution in [0.15, 0.2) is 0 Å². The van der Waals surface area contributed by atoms with Gasteiger partial charge in [0.15, 0.2) is 5.56 Å². The van der Waals surface area contributed by atoms with Gasteiger partial charge in [-0.25, -0.2) is 4.79 Å². The highest BCUT2D eigenvalue weighted by Gasteiger charge is 2.32. The third-order valence-corrected chi connectivity index (χ3v) is 2.53. The molecular formula is C8H5FN2O4S. The van der Waals surface area contributed by atoms with E-state index in [1.54, 1.807) is 0 Å². The van der Waals surface area contributed by atoms with Gasteiger partial charge >= 0.3 is 11.0 Å². The van der Waals surface area contributed by atoms with E-state index < -0.39 is 32.2 Å². The zero-order valence-electron chi connectivity index (χ0n) is 8.02. The summed E-state index contributed by atoms with van der Waals surface area (Å²) in [6.45, 7) is 1.48.